The molecule has 1 saturated heterocycles. The Balaban J connectivity index is 0.000000218. The summed E-state index contributed by atoms with van der Waals surface area (Å²) in [6.07, 6.45) is 13.1. The molecule has 0 spiro atoms. The van der Waals surface area contributed by atoms with Gasteiger partial charge in [-0.2, -0.15) is 5.26 Å². The van der Waals surface area contributed by atoms with Crippen molar-refractivity contribution in [3.05, 3.63) is 61.2 Å². The van der Waals surface area contributed by atoms with Gasteiger partial charge in [-0.15, -0.1) is 0 Å². The average Bonchev–Trinajstić information content (AvgIpc) is 3.20. The van der Waals surface area contributed by atoms with Gasteiger partial charge in [0.2, 0.25) is 0 Å². The summed E-state index contributed by atoms with van der Waals surface area (Å²) in [5.41, 5.74) is 0. The molecule has 1 aromatic rings. The van der Waals surface area contributed by atoms with Crippen LogP contribution in [0.15, 0.2) is 61.2 Å². The van der Waals surface area contributed by atoms with Gasteiger partial charge in [0.05, 0.1) is 6.07 Å². The van der Waals surface area contributed by atoms with Crippen molar-refractivity contribution < 1.29 is 0 Å². The minimum atomic E-state index is 0.360. The van der Waals surface area contributed by atoms with Crippen LogP contribution in [0, 0.1) is 17.2 Å². The van der Waals surface area contributed by atoms with E-state index in [0.717, 1.165) is 18.9 Å². The molecule has 1 aliphatic carbocycles. The molecule has 0 aromatic heterocycles. The molecule has 24 heavy (non-hydrogen) atoms. The first-order valence-corrected chi connectivity index (χ1v) is 9.19. The van der Waals surface area contributed by atoms with E-state index in [-0.39, 0.29) is 0 Å². The van der Waals surface area contributed by atoms with Crippen LogP contribution in [0.3, 0.4) is 0 Å². The van der Waals surface area contributed by atoms with E-state index in [1.54, 1.807) is 6.08 Å². The van der Waals surface area contributed by atoms with E-state index in [4.69, 9.17) is 5.26 Å². The van der Waals surface area contributed by atoms with Crippen molar-refractivity contribution in [1.82, 2.24) is 4.90 Å². The second-order valence-corrected chi connectivity index (χ2v) is 6.29. The number of nitriles is 1. The lowest BCUT2D eigenvalue weighted by Gasteiger charge is -2.32. The molecule has 0 amide bonds. The molecule has 1 saturated carbocycles. The van der Waals surface area contributed by atoms with Crippen LogP contribution in [-0.2, 0) is 0 Å². The van der Waals surface area contributed by atoms with E-state index in [2.05, 4.69) is 17.5 Å². The van der Waals surface area contributed by atoms with E-state index < -0.39 is 0 Å². The minimum absolute atomic E-state index is 0.360. The normalized spacial score (nSPS) is 23.3. The molecule has 130 valence electrons. The molecular formula is C22H32N2. The molecule has 2 fully saturated rings. The van der Waals surface area contributed by atoms with Crippen LogP contribution in [0.2, 0.25) is 0 Å². The first kappa shape index (κ1) is 20.2. The van der Waals surface area contributed by atoms with Gasteiger partial charge in [0, 0.05) is 12.0 Å². The van der Waals surface area contributed by atoms with Gasteiger partial charge >= 0.3 is 0 Å². The Bertz CT molecular complexity index is 446. The number of hydrogen-bond donors (Lipinski definition) is 0. The highest BCUT2D eigenvalue weighted by atomic mass is 15.2. The second-order valence-electron chi connectivity index (χ2n) is 6.29. The summed E-state index contributed by atoms with van der Waals surface area (Å²) in [6.45, 7) is 8.04. The van der Waals surface area contributed by atoms with Crippen molar-refractivity contribution in [2.24, 2.45) is 5.92 Å². The van der Waals surface area contributed by atoms with Crippen LogP contribution in [0.5, 0.6) is 0 Å². The summed E-state index contributed by atoms with van der Waals surface area (Å²) in [7, 11) is 0. The van der Waals surface area contributed by atoms with Gasteiger partial charge < -0.3 is 4.90 Å². The van der Waals surface area contributed by atoms with E-state index in [9.17, 15) is 0 Å². The Labute approximate surface area is 148 Å². The fourth-order valence-corrected chi connectivity index (χ4v) is 3.20. The fraction of sp³-hybridized carbons (Fsp3) is 0.500. The first-order valence-electron chi connectivity index (χ1n) is 9.19. The van der Waals surface area contributed by atoms with E-state index in [0.29, 0.717) is 5.92 Å². The molecule has 2 nitrogen and oxygen atoms in total. The van der Waals surface area contributed by atoms with Gasteiger partial charge in [0.1, 0.15) is 0 Å². The maximum Gasteiger partial charge on any atom is 0.0655 e. The largest absolute Gasteiger partial charge is 0.300 e. The third kappa shape index (κ3) is 8.70. The Hall–Kier alpha value is -1.85. The number of nitrogens with zero attached hydrogens (tertiary/aromatic N) is 2. The summed E-state index contributed by atoms with van der Waals surface area (Å²) in [5.74, 6) is 0.360. The zero-order chi connectivity index (χ0) is 17.5. The SMILES string of the molecule is C=C/C=C\C.N#CC1CCC(N2CCCC2)CC1.c1ccccc1. The number of hydrogen-bond acceptors (Lipinski definition) is 2. The Morgan fingerprint density at radius 1 is 0.958 bits per heavy atom. The van der Waals surface area contributed by atoms with Crippen molar-refractivity contribution in [3.8, 4) is 6.07 Å². The first-order chi connectivity index (χ1) is 11.8. The van der Waals surface area contributed by atoms with E-state index in [1.807, 2.05) is 55.5 Å². The lowest BCUT2D eigenvalue weighted by molar-refractivity contribution is 0.178. The van der Waals surface area contributed by atoms with Crippen molar-refractivity contribution >= 4 is 0 Å². The lowest BCUT2D eigenvalue weighted by Crippen LogP contribution is -2.35. The maximum absolute atomic E-state index is 8.78. The molecule has 0 atom stereocenters. The zero-order valence-corrected chi connectivity index (χ0v) is 15.1. The minimum Gasteiger partial charge on any atom is -0.300 e. The summed E-state index contributed by atoms with van der Waals surface area (Å²) in [5, 5.41) is 8.78. The van der Waals surface area contributed by atoms with Gasteiger partial charge in [-0.05, 0) is 58.5 Å². The molecule has 1 aromatic carbocycles. The molecule has 1 heterocycles. The number of benzene rings is 1. The maximum atomic E-state index is 8.78. The highest BCUT2D eigenvalue weighted by Crippen LogP contribution is 2.28. The standard InChI is InChI=1S/C11H18N2.C6H6.C5H8/c12-9-10-3-5-11(6-4-10)13-7-1-2-8-13;1-2-4-6-5-3-1;1-3-5-4-2/h10-11H,1-8H2;1-6H;3-5H,1H2,2H3/b;;5-4-. The van der Waals surface area contributed by atoms with Crippen LogP contribution < -0.4 is 0 Å². The van der Waals surface area contributed by atoms with Crippen LogP contribution in [0.1, 0.15) is 45.4 Å². The summed E-state index contributed by atoms with van der Waals surface area (Å²) in [4.78, 5) is 2.63. The average molecular weight is 325 g/mol. The predicted octanol–water partition coefficient (Wildman–Crippen LogP) is 5.60. The summed E-state index contributed by atoms with van der Waals surface area (Å²) < 4.78 is 0. The summed E-state index contributed by atoms with van der Waals surface area (Å²) in [6, 6.07) is 15.2. The molecule has 0 radical (unpaired) electrons. The number of likely N-dealkylation sites (tertiary alicyclic amines) is 1. The van der Waals surface area contributed by atoms with Crippen molar-refractivity contribution in [2.75, 3.05) is 13.1 Å². The summed E-state index contributed by atoms with van der Waals surface area (Å²) >= 11 is 0. The number of allylic oxidation sites excluding steroid dienone is 3. The third-order valence-corrected chi connectivity index (χ3v) is 4.53. The molecule has 2 heteroatoms. The second kappa shape index (κ2) is 13.6. The van der Waals surface area contributed by atoms with Gasteiger partial charge in [0.25, 0.3) is 0 Å². The Morgan fingerprint density at radius 2 is 1.46 bits per heavy atom. The predicted molar refractivity (Wildman–Crippen MR) is 104 cm³/mol. The van der Waals surface area contributed by atoms with Crippen molar-refractivity contribution in [2.45, 2.75) is 51.5 Å². The van der Waals surface area contributed by atoms with Gasteiger partial charge in [0.15, 0.2) is 0 Å². The molecule has 3 rings (SSSR count). The van der Waals surface area contributed by atoms with Crippen LogP contribution in [0.4, 0.5) is 0 Å². The highest BCUT2D eigenvalue weighted by Gasteiger charge is 2.26. The fourth-order valence-electron chi connectivity index (χ4n) is 3.20. The molecule has 0 unspecified atom stereocenters. The van der Waals surface area contributed by atoms with E-state index in [1.165, 1.54) is 38.8 Å². The third-order valence-electron chi connectivity index (χ3n) is 4.53. The van der Waals surface area contributed by atoms with Crippen molar-refractivity contribution in [3.63, 3.8) is 0 Å². The van der Waals surface area contributed by atoms with Crippen LogP contribution in [0.25, 0.3) is 0 Å². The quantitative estimate of drug-likeness (QED) is 0.662. The molecule has 0 bridgehead atoms. The van der Waals surface area contributed by atoms with Gasteiger partial charge in [-0.25, -0.2) is 0 Å². The van der Waals surface area contributed by atoms with Crippen LogP contribution >= 0.6 is 0 Å². The monoisotopic (exact) mass is 324 g/mol. The molecule has 2 aliphatic rings. The Morgan fingerprint density at radius 3 is 1.79 bits per heavy atom. The van der Waals surface area contributed by atoms with Crippen LogP contribution in [-0.4, -0.2) is 24.0 Å². The number of rotatable bonds is 2. The molecular weight excluding hydrogens is 292 g/mol. The highest BCUT2D eigenvalue weighted by molar-refractivity contribution is 4.99. The topological polar surface area (TPSA) is 27.0 Å². The smallest absolute Gasteiger partial charge is 0.0655 e. The van der Waals surface area contributed by atoms with Gasteiger partial charge in [-0.3, -0.25) is 0 Å². The lowest BCUT2D eigenvalue weighted by atomic mass is 9.86. The van der Waals surface area contributed by atoms with Gasteiger partial charge in [-0.1, -0.05) is 61.2 Å². The Kier molecular flexibility index (Phi) is 11.4. The zero-order valence-electron chi connectivity index (χ0n) is 15.1. The molecule has 0 N–H and O–H groups in total. The van der Waals surface area contributed by atoms with E-state index >= 15 is 0 Å². The molecule has 1 aliphatic heterocycles. The van der Waals surface area contributed by atoms with Crippen molar-refractivity contribution in [1.29, 1.82) is 5.26 Å².